The van der Waals surface area contributed by atoms with Gasteiger partial charge in [0.25, 0.3) is 0 Å². The van der Waals surface area contributed by atoms with Crippen molar-refractivity contribution in [3.05, 3.63) is 23.9 Å². The highest BCUT2D eigenvalue weighted by Gasteiger charge is 1.98. The zero-order valence-corrected chi connectivity index (χ0v) is 6.32. The Hall–Kier alpha value is -1.62. The Morgan fingerprint density at radius 3 is 3.00 bits per heavy atom. The number of hydrogen-bond donors (Lipinski definition) is 3. The molecule has 1 amide bonds. The molecule has 0 spiro atoms. The monoisotopic (exact) mass is 167 g/mol. The minimum Gasteiger partial charge on any atom is -0.465 e. The van der Waals surface area contributed by atoms with E-state index in [0.717, 1.165) is 0 Å². The topological polar surface area (TPSA) is 88.2 Å². The summed E-state index contributed by atoms with van der Waals surface area (Å²) in [4.78, 5) is 14.1. The number of nitrogens with zero attached hydrogens (tertiary/aromatic N) is 1. The molecule has 0 radical (unpaired) electrons. The van der Waals surface area contributed by atoms with Gasteiger partial charge in [-0.2, -0.15) is 0 Å². The lowest BCUT2D eigenvalue weighted by Crippen LogP contribution is -2.10. The molecule has 0 atom stereocenters. The van der Waals surface area contributed by atoms with Crippen molar-refractivity contribution in [2.75, 3.05) is 5.32 Å². The molecule has 0 aliphatic heterocycles. The number of nitrogens with one attached hydrogen (secondary N) is 1. The Kier molecular flexibility index (Phi) is 2.60. The van der Waals surface area contributed by atoms with Gasteiger partial charge in [-0.25, -0.2) is 9.78 Å². The van der Waals surface area contributed by atoms with Gasteiger partial charge in [-0.05, 0) is 12.1 Å². The van der Waals surface area contributed by atoms with Crippen LogP contribution < -0.4 is 11.1 Å². The molecule has 1 aromatic heterocycles. The van der Waals surface area contributed by atoms with Gasteiger partial charge in [0.1, 0.15) is 5.82 Å². The third kappa shape index (κ3) is 2.21. The van der Waals surface area contributed by atoms with Crippen LogP contribution >= 0.6 is 0 Å². The molecule has 0 aliphatic rings. The third-order valence-corrected chi connectivity index (χ3v) is 1.25. The first-order valence-corrected chi connectivity index (χ1v) is 3.38. The highest BCUT2D eigenvalue weighted by molar-refractivity contribution is 5.81. The van der Waals surface area contributed by atoms with Gasteiger partial charge in [0.05, 0.1) is 5.69 Å². The fourth-order valence-corrected chi connectivity index (χ4v) is 0.772. The summed E-state index contributed by atoms with van der Waals surface area (Å²) < 4.78 is 0. The lowest BCUT2D eigenvalue weighted by atomic mass is 10.3. The Morgan fingerprint density at radius 1 is 1.67 bits per heavy atom. The van der Waals surface area contributed by atoms with Crippen LogP contribution in [-0.2, 0) is 6.54 Å². The normalized spacial score (nSPS) is 9.42. The summed E-state index contributed by atoms with van der Waals surface area (Å²) in [5, 5.41) is 10.5. The van der Waals surface area contributed by atoms with Crippen LogP contribution in [0, 0.1) is 0 Å². The highest BCUT2D eigenvalue weighted by atomic mass is 16.4. The second kappa shape index (κ2) is 3.68. The Labute approximate surface area is 69.2 Å². The maximum absolute atomic E-state index is 10.2. The predicted molar refractivity (Wildman–Crippen MR) is 43.8 cm³/mol. The zero-order chi connectivity index (χ0) is 8.97. The number of pyridine rings is 1. The molecule has 1 rings (SSSR count). The Morgan fingerprint density at radius 2 is 2.42 bits per heavy atom. The van der Waals surface area contributed by atoms with Crippen LogP contribution in [0.1, 0.15) is 5.69 Å². The molecule has 1 aromatic rings. The van der Waals surface area contributed by atoms with Gasteiger partial charge in [-0.3, -0.25) is 5.32 Å². The number of nitrogens with two attached hydrogens (primary N) is 1. The summed E-state index contributed by atoms with van der Waals surface area (Å²) in [6.45, 7) is 0.301. The standard InChI is InChI=1S/C7H9N3O2/c8-4-5-2-1-3-6(9-5)10-7(11)12/h1-3H,4,8H2,(H,9,10)(H,11,12). The summed E-state index contributed by atoms with van der Waals surface area (Å²) in [7, 11) is 0. The number of amides is 1. The maximum Gasteiger partial charge on any atom is 0.410 e. The van der Waals surface area contributed by atoms with Crippen LogP contribution in [0.2, 0.25) is 0 Å². The minimum atomic E-state index is -1.13. The van der Waals surface area contributed by atoms with Gasteiger partial charge in [0, 0.05) is 6.54 Å². The molecule has 0 saturated heterocycles. The number of aromatic nitrogens is 1. The van der Waals surface area contributed by atoms with Crippen LogP contribution in [0.25, 0.3) is 0 Å². The zero-order valence-electron chi connectivity index (χ0n) is 6.32. The van der Waals surface area contributed by atoms with E-state index in [4.69, 9.17) is 10.8 Å². The average Bonchev–Trinajstić information content (AvgIpc) is 2.03. The third-order valence-electron chi connectivity index (χ3n) is 1.25. The van der Waals surface area contributed by atoms with E-state index in [9.17, 15) is 4.79 Å². The molecular weight excluding hydrogens is 158 g/mol. The Balaban J connectivity index is 2.79. The van der Waals surface area contributed by atoms with Gasteiger partial charge in [0.15, 0.2) is 0 Å². The molecule has 0 unspecified atom stereocenters. The van der Waals surface area contributed by atoms with Crippen molar-refractivity contribution in [1.82, 2.24) is 4.98 Å². The van der Waals surface area contributed by atoms with E-state index in [1.54, 1.807) is 18.2 Å². The first-order valence-electron chi connectivity index (χ1n) is 3.38. The molecule has 4 N–H and O–H groups in total. The second-order valence-corrected chi connectivity index (χ2v) is 2.15. The number of rotatable bonds is 2. The number of hydrogen-bond acceptors (Lipinski definition) is 3. The number of carbonyl (C=O) groups is 1. The second-order valence-electron chi connectivity index (χ2n) is 2.15. The van der Waals surface area contributed by atoms with E-state index in [-0.39, 0.29) is 0 Å². The van der Waals surface area contributed by atoms with Crippen molar-refractivity contribution >= 4 is 11.9 Å². The largest absolute Gasteiger partial charge is 0.465 e. The molecule has 1 heterocycles. The lowest BCUT2D eigenvalue weighted by molar-refractivity contribution is 0.209. The van der Waals surface area contributed by atoms with E-state index in [2.05, 4.69) is 10.3 Å². The van der Waals surface area contributed by atoms with E-state index in [1.807, 2.05) is 0 Å². The van der Waals surface area contributed by atoms with Gasteiger partial charge >= 0.3 is 6.09 Å². The summed E-state index contributed by atoms with van der Waals surface area (Å²) in [6, 6.07) is 4.99. The van der Waals surface area contributed by atoms with Crippen molar-refractivity contribution in [3.63, 3.8) is 0 Å². The molecule has 5 heteroatoms. The molecule has 12 heavy (non-hydrogen) atoms. The fraction of sp³-hybridized carbons (Fsp3) is 0.143. The molecule has 0 saturated carbocycles. The van der Waals surface area contributed by atoms with Crippen LogP contribution in [0.3, 0.4) is 0 Å². The summed E-state index contributed by atoms with van der Waals surface area (Å²) in [5.74, 6) is 0.297. The van der Waals surface area contributed by atoms with Gasteiger partial charge in [-0.1, -0.05) is 6.07 Å². The first kappa shape index (κ1) is 8.48. The SMILES string of the molecule is NCc1cccc(NC(=O)O)n1. The van der Waals surface area contributed by atoms with Crippen molar-refractivity contribution in [3.8, 4) is 0 Å². The van der Waals surface area contributed by atoms with Crippen molar-refractivity contribution in [2.45, 2.75) is 6.54 Å². The van der Waals surface area contributed by atoms with Crippen LogP contribution in [0.4, 0.5) is 10.6 Å². The molecule has 0 bridgehead atoms. The molecule has 64 valence electrons. The quantitative estimate of drug-likeness (QED) is 0.602. The molecule has 0 aromatic carbocycles. The average molecular weight is 167 g/mol. The van der Waals surface area contributed by atoms with Crippen molar-refractivity contribution < 1.29 is 9.90 Å². The Bertz CT molecular complexity index is 288. The van der Waals surface area contributed by atoms with Crippen LogP contribution in [0.15, 0.2) is 18.2 Å². The van der Waals surface area contributed by atoms with Gasteiger partial charge in [0.2, 0.25) is 0 Å². The van der Waals surface area contributed by atoms with Gasteiger partial charge < -0.3 is 10.8 Å². The maximum atomic E-state index is 10.2. The first-order chi connectivity index (χ1) is 5.72. The van der Waals surface area contributed by atoms with E-state index in [0.29, 0.717) is 18.1 Å². The highest BCUT2D eigenvalue weighted by Crippen LogP contribution is 2.03. The molecule has 5 nitrogen and oxygen atoms in total. The summed E-state index contributed by atoms with van der Waals surface area (Å²) >= 11 is 0. The fourth-order valence-electron chi connectivity index (χ4n) is 0.772. The minimum absolute atomic E-state index is 0.297. The molecule has 0 fully saturated rings. The van der Waals surface area contributed by atoms with E-state index in [1.165, 1.54) is 0 Å². The number of anilines is 1. The smallest absolute Gasteiger partial charge is 0.410 e. The van der Waals surface area contributed by atoms with Crippen LogP contribution in [-0.4, -0.2) is 16.2 Å². The van der Waals surface area contributed by atoms with Crippen molar-refractivity contribution in [1.29, 1.82) is 0 Å². The van der Waals surface area contributed by atoms with Gasteiger partial charge in [-0.15, -0.1) is 0 Å². The summed E-state index contributed by atoms with van der Waals surface area (Å²) in [5.41, 5.74) is 5.97. The number of carboxylic acid groups (broad SMARTS) is 1. The lowest BCUT2D eigenvalue weighted by Gasteiger charge is -2.00. The summed E-state index contributed by atoms with van der Waals surface area (Å²) in [6.07, 6.45) is -1.13. The van der Waals surface area contributed by atoms with Crippen LogP contribution in [0.5, 0.6) is 0 Å². The van der Waals surface area contributed by atoms with E-state index >= 15 is 0 Å². The van der Waals surface area contributed by atoms with E-state index < -0.39 is 6.09 Å². The molecular formula is C7H9N3O2. The predicted octanol–water partition coefficient (Wildman–Crippen LogP) is 0.630. The van der Waals surface area contributed by atoms with Crippen molar-refractivity contribution in [2.24, 2.45) is 5.73 Å². The molecule has 0 aliphatic carbocycles.